The molecule has 2 aliphatic carbocycles. The van der Waals surface area contributed by atoms with E-state index in [1.165, 1.54) is 12.1 Å². The minimum Gasteiger partial charge on any atom is -0.387 e. The van der Waals surface area contributed by atoms with Crippen LogP contribution in [0.15, 0.2) is 12.1 Å². The van der Waals surface area contributed by atoms with Crippen molar-refractivity contribution in [3.63, 3.8) is 0 Å². The zero-order valence-corrected chi connectivity index (χ0v) is 20.3. The van der Waals surface area contributed by atoms with Crippen molar-refractivity contribution in [1.82, 2.24) is 0 Å². The van der Waals surface area contributed by atoms with Crippen molar-refractivity contribution in [3.8, 4) is 0 Å². The first-order valence-electron chi connectivity index (χ1n) is 9.38. The molecule has 0 unspecified atom stereocenters. The summed E-state index contributed by atoms with van der Waals surface area (Å²) in [6.45, 7) is 1.38. The third-order valence-corrected chi connectivity index (χ3v) is 6.52. The van der Waals surface area contributed by atoms with Crippen LogP contribution in [0.1, 0.15) is 56.9 Å². The Morgan fingerprint density at radius 2 is 1.50 bits per heavy atom. The van der Waals surface area contributed by atoms with Crippen LogP contribution in [-0.4, -0.2) is 24.1 Å². The van der Waals surface area contributed by atoms with Crippen LogP contribution in [0.4, 0.5) is 8.78 Å². The molecule has 0 amide bonds. The fraction of sp³-hybridized carbons (Fsp3) is 0.700. The largest absolute Gasteiger partial charge is 1.00 e. The van der Waals surface area contributed by atoms with Gasteiger partial charge >= 0.3 is 58.2 Å². The molecular formula is C20H25F2O3Rb. The van der Waals surface area contributed by atoms with Gasteiger partial charge in [0.15, 0.2) is 5.79 Å². The molecule has 1 aromatic carbocycles. The van der Waals surface area contributed by atoms with Crippen molar-refractivity contribution in [2.45, 2.75) is 62.8 Å². The number of hydrogen-bond donors (Lipinski definition) is 1. The van der Waals surface area contributed by atoms with Gasteiger partial charge in [0.25, 0.3) is 0 Å². The maximum Gasteiger partial charge on any atom is 1.00 e. The zero-order chi connectivity index (χ0) is 17.5. The predicted octanol–water partition coefficient (Wildman–Crippen LogP) is 1.08. The molecule has 138 valence electrons. The summed E-state index contributed by atoms with van der Waals surface area (Å²) in [7, 11) is 0. The minimum atomic E-state index is -1.26. The Labute approximate surface area is 202 Å². The second-order valence-electron chi connectivity index (χ2n) is 7.83. The van der Waals surface area contributed by atoms with E-state index in [2.05, 4.69) is 6.07 Å². The van der Waals surface area contributed by atoms with E-state index in [0.29, 0.717) is 37.9 Å². The Balaban J connectivity index is 0.00000196. The van der Waals surface area contributed by atoms with Gasteiger partial charge in [-0.25, -0.2) is 4.39 Å². The van der Waals surface area contributed by atoms with E-state index in [9.17, 15) is 13.9 Å². The summed E-state index contributed by atoms with van der Waals surface area (Å²) in [5, 5.41) is 10.9. The smallest absolute Gasteiger partial charge is 0.387 e. The van der Waals surface area contributed by atoms with Gasteiger partial charge in [-0.2, -0.15) is 12.1 Å². The number of aliphatic hydroxyl groups is 1. The molecule has 1 N–H and O–H groups in total. The van der Waals surface area contributed by atoms with E-state index >= 15 is 0 Å². The summed E-state index contributed by atoms with van der Waals surface area (Å²) in [6.07, 6.45) is 6.67. The van der Waals surface area contributed by atoms with Crippen LogP contribution in [0.3, 0.4) is 0 Å². The molecule has 1 aromatic rings. The Bertz CT molecular complexity index is 615. The third-order valence-electron chi connectivity index (χ3n) is 6.52. The molecule has 1 saturated heterocycles. The molecular weight excluding hydrogens is 412 g/mol. The molecule has 4 rings (SSSR count). The fourth-order valence-corrected chi connectivity index (χ4v) is 5.01. The van der Waals surface area contributed by atoms with E-state index in [0.717, 1.165) is 38.5 Å². The van der Waals surface area contributed by atoms with Crippen LogP contribution in [-0.2, 0) is 15.1 Å². The van der Waals surface area contributed by atoms with E-state index in [1.807, 2.05) is 0 Å². The standard InChI is InChI=1S/C20H25F2O3.Rb/c21-17-3-1-2-16(18(17)22)19(23)8-4-14(5-9-19)15-6-10-20(11-7-15)24-12-13-25-20;/h1-2,14-15,23H,4-13H2;/q-1;+1. The zero-order valence-electron chi connectivity index (χ0n) is 15.4. The van der Waals surface area contributed by atoms with Crippen LogP contribution < -0.4 is 58.2 Å². The van der Waals surface area contributed by atoms with E-state index in [1.54, 1.807) is 0 Å². The van der Waals surface area contributed by atoms with Crippen LogP contribution in [0.25, 0.3) is 0 Å². The average molecular weight is 437 g/mol. The van der Waals surface area contributed by atoms with E-state index in [-0.39, 0.29) is 69.5 Å². The van der Waals surface area contributed by atoms with Gasteiger partial charge in [-0.15, -0.1) is 6.07 Å². The average Bonchev–Trinajstić information content (AvgIpc) is 3.07. The Kier molecular flexibility index (Phi) is 7.14. The van der Waals surface area contributed by atoms with Gasteiger partial charge < -0.3 is 14.6 Å². The molecule has 6 heteroatoms. The van der Waals surface area contributed by atoms with Gasteiger partial charge in [-0.05, 0) is 50.4 Å². The van der Waals surface area contributed by atoms with Gasteiger partial charge in [0.1, 0.15) is 0 Å². The molecule has 3 nitrogen and oxygen atoms in total. The number of ether oxygens (including phenoxy) is 2. The van der Waals surface area contributed by atoms with Crippen LogP contribution >= 0.6 is 0 Å². The monoisotopic (exact) mass is 436 g/mol. The summed E-state index contributed by atoms with van der Waals surface area (Å²) in [5.74, 6) is -1.18. The molecule has 2 saturated carbocycles. The van der Waals surface area contributed by atoms with Gasteiger partial charge in [-0.1, -0.05) is 5.56 Å². The molecule has 1 spiro atoms. The molecule has 0 atom stereocenters. The van der Waals surface area contributed by atoms with Crippen molar-refractivity contribution in [3.05, 3.63) is 35.4 Å². The normalized spacial score (nSPS) is 31.7. The van der Waals surface area contributed by atoms with Gasteiger partial charge in [0.05, 0.1) is 18.8 Å². The Morgan fingerprint density at radius 1 is 0.962 bits per heavy atom. The van der Waals surface area contributed by atoms with E-state index < -0.39 is 17.2 Å². The van der Waals surface area contributed by atoms with Crippen molar-refractivity contribution < 1.29 is 81.5 Å². The summed E-state index contributed by atoms with van der Waals surface area (Å²) in [4.78, 5) is 0. The van der Waals surface area contributed by atoms with Crippen molar-refractivity contribution >= 4 is 0 Å². The van der Waals surface area contributed by atoms with Crippen molar-refractivity contribution in [2.24, 2.45) is 11.8 Å². The molecule has 26 heavy (non-hydrogen) atoms. The Hall–Kier alpha value is 0.765. The van der Waals surface area contributed by atoms with Crippen LogP contribution in [0, 0.1) is 29.5 Å². The molecule has 0 aromatic heterocycles. The third kappa shape index (κ3) is 4.19. The maximum atomic E-state index is 14.1. The first-order chi connectivity index (χ1) is 12.0. The topological polar surface area (TPSA) is 38.7 Å². The molecule has 0 bridgehead atoms. The van der Waals surface area contributed by atoms with Crippen molar-refractivity contribution in [2.75, 3.05) is 13.2 Å². The first kappa shape index (κ1) is 21.5. The number of rotatable bonds is 2. The number of halogens is 2. The first-order valence-corrected chi connectivity index (χ1v) is 9.38. The van der Waals surface area contributed by atoms with Crippen LogP contribution in [0.2, 0.25) is 0 Å². The molecule has 1 aliphatic heterocycles. The molecule has 3 fully saturated rings. The minimum absolute atomic E-state index is 0. The maximum absolute atomic E-state index is 14.1. The Morgan fingerprint density at radius 3 is 2.08 bits per heavy atom. The molecule has 0 radical (unpaired) electrons. The number of benzene rings is 1. The van der Waals surface area contributed by atoms with Gasteiger partial charge in [0.2, 0.25) is 0 Å². The second kappa shape index (κ2) is 8.64. The van der Waals surface area contributed by atoms with Gasteiger partial charge in [0, 0.05) is 24.5 Å². The van der Waals surface area contributed by atoms with E-state index in [4.69, 9.17) is 9.47 Å². The summed E-state index contributed by atoms with van der Waals surface area (Å²) < 4.78 is 39.1. The molecule has 3 aliphatic rings. The summed E-state index contributed by atoms with van der Waals surface area (Å²) in [6, 6.07) is 5.01. The summed E-state index contributed by atoms with van der Waals surface area (Å²) in [5.41, 5.74) is -1.18. The molecule has 1 heterocycles. The van der Waals surface area contributed by atoms with Gasteiger partial charge in [-0.3, -0.25) is 4.39 Å². The van der Waals surface area contributed by atoms with Crippen molar-refractivity contribution in [1.29, 1.82) is 0 Å². The summed E-state index contributed by atoms with van der Waals surface area (Å²) >= 11 is 0. The SMILES string of the molecule is OC1(c2cc[c-]c(F)c2F)CCC(C2CCC3(CC2)OCCO3)CC1.[Rb+]. The second-order valence-corrected chi connectivity index (χ2v) is 7.83. The number of hydrogen-bond acceptors (Lipinski definition) is 3. The predicted molar refractivity (Wildman–Crippen MR) is 87.6 cm³/mol. The quantitative estimate of drug-likeness (QED) is 0.705. The van der Waals surface area contributed by atoms with Crippen LogP contribution in [0.5, 0.6) is 0 Å². The fourth-order valence-electron chi connectivity index (χ4n) is 5.01.